The third-order valence-electron chi connectivity index (χ3n) is 2.81. The predicted molar refractivity (Wildman–Crippen MR) is 88.2 cm³/mol. The number of rotatable bonds is 3. The quantitative estimate of drug-likeness (QED) is 0.831. The Labute approximate surface area is 141 Å². The van der Waals surface area contributed by atoms with Crippen molar-refractivity contribution in [1.82, 2.24) is 4.90 Å². The summed E-state index contributed by atoms with van der Waals surface area (Å²) in [5, 5.41) is 2.81. The maximum absolute atomic E-state index is 12.1. The van der Waals surface area contributed by atoms with Crippen molar-refractivity contribution in [3.05, 3.63) is 38.7 Å². The highest BCUT2D eigenvalue weighted by Crippen LogP contribution is 2.32. The van der Waals surface area contributed by atoms with E-state index in [1.807, 2.05) is 0 Å². The van der Waals surface area contributed by atoms with Crippen molar-refractivity contribution in [2.75, 3.05) is 11.9 Å². The van der Waals surface area contributed by atoms with Crippen molar-refractivity contribution in [3.63, 3.8) is 0 Å². The first-order valence-corrected chi connectivity index (χ1v) is 7.83. The van der Waals surface area contributed by atoms with Crippen LogP contribution < -0.4 is 5.32 Å². The van der Waals surface area contributed by atoms with Crippen LogP contribution in [0, 0.1) is 0 Å². The monoisotopic (exact) mass is 358 g/mol. The first kappa shape index (κ1) is 16.9. The van der Waals surface area contributed by atoms with Gasteiger partial charge in [0.15, 0.2) is 0 Å². The van der Waals surface area contributed by atoms with Gasteiger partial charge in [-0.3, -0.25) is 19.3 Å². The van der Waals surface area contributed by atoms with Crippen LogP contribution in [0.2, 0.25) is 10.0 Å². The zero-order valence-corrected chi connectivity index (χ0v) is 14.1. The van der Waals surface area contributed by atoms with E-state index >= 15 is 0 Å². The lowest BCUT2D eigenvalue weighted by atomic mass is 10.3. The van der Waals surface area contributed by atoms with E-state index in [-0.39, 0.29) is 11.6 Å². The number of nitrogens with zero attached hydrogens (tertiary/aromatic N) is 1. The SMILES string of the molecule is CC(C)=C1SC(=O)N(CC(=O)Nc2ccc(Cl)cc2Cl)C1=O. The number of carbonyl (C=O) groups is 3. The largest absolute Gasteiger partial charge is 0.323 e. The molecule has 8 heteroatoms. The highest BCUT2D eigenvalue weighted by Gasteiger charge is 2.36. The Hall–Kier alpha value is -1.50. The fourth-order valence-electron chi connectivity index (χ4n) is 1.77. The molecule has 1 N–H and O–H groups in total. The lowest BCUT2D eigenvalue weighted by Crippen LogP contribution is -2.36. The molecule has 0 aromatic heterocycles. The summed E-state index contributed by atoms with van der Waals surface area (Å²) in [6, 6.07) is 4.61. The molecule has 1 aromatic rings. The first-order valence-electron chi connectivity index (χ1n) is 6.25. The molecule has 3 amide bonds. The van der Waals surface area contributed by atoms with Crippen LogP contribution in [0.15, 0.2) is 28.7 Å². The molecule has 1 aliphatic rings. The molecule has 0 atom stereocenters. The van der Waals surface area contributed by atoms with Gasteiger partial charge in [-0.25, -0.2) is 0 Å². The second-order valence-electron chi connectivity index (χ2n) is 4.76. The van der Waals surface area contributed by atoms with E-state index in [4.69, 9.17) is 23.2 Å². The van der Waals surface area contributed by atoms with E-state index in [9.17, 15) is 14.4 Å². The Bertz CT molecular complexity index is 699. The normalized spacial score (nSPS) is 14.5. The van der Waals surface area contributed by atoms with Gasteiger partial charge in [0.05, 0.1) is 15.6 Å². The summed E-state index contributed by atoms with van der Waals surface area (Å²) in [5.74, 6) is -0.964. The van der Waals surface area contributed by atoms with Crippen LogP contribution in [0.4, 0.5) is 10.5 Å². The number of allylic oxidation sites excluding steroid dienone is 1. The fraction of sp³-hybridized carbons (Fsp3) is 0.214. The molecule has 0 saturated carbocycles. The molecule has 1 aliphatic heterocycles. The van der Waals surface area contributed by atoms with Gasteiger partial charge in [0.2, 0.25) is 5.91 Å². The molecule has 0 spiro atoms. The van der Waals surface area contributed by atoms with Gasteiger partial charge in [-0.2, -0.15) is 0 Å². The summed E-state index contributed by atoms with van der Waals surface area (Å²) in [7, 11) is 0. The highest BCUT2D eigenvalue weighted by molar-refractivity contribution is 8.18. The summed E-state index contributed by atoms with van der Waals surface area (Å²) in [5.41, 5.74) is 1.11. The average Bonchev–Trinajstić information content (AvgIpc) is 2.70. The lowest BCUT2D eigenvalue weighted by molar-refractivity contribution is -0.127. The Morgan fingerprint density at radius 3 is 2.50 bits per heavy atom. The molecule has 1 saturated heterocycles. The maximum Gasteiger partial charge on any atom is 0.294 e. The minimum atomic E-state index is -0.512. The van der Waals surface area contributed by atoms with E-state index in [2.05, 4.69) is 5.32 Å². The summed E-state index contributed by atoms with van der Waals surface area (Å²) < 4.78 is 0. The molecule has 0 aliphatic carbocycles. The second kappa shape index (κ2) is 6.73. The molecule has 5 nitrogen and oxygen atoms in total. The van der Waals surface area contributed by atoms with Crippen LogP contribution in [0.3, 0.4) is 0 Å². The number of nitrogens with one attached hydrogen (secondary N) is 1. The summed E-state index contributed by atoms with van der Waals surface area (Å²) in [6.45, 7) is 3.12. The number of benzene rings is 1. The molecule has 0 bridgehead atoms. The Balaban J connectivity index is 2.08. The topological polar surface area (TPSA) is 66.5 Å². The van der Waals surface area contributed by atoms with E-state index < -0.39 is 17.1 Å². The van der Waals surface area contributed by atoms with Crippen molar-refractivity contribution in [2.24, 2.45) is 0 Å². The van der Waals surface area contributed by atoms with E-state index in [0.717, 1.165) is 22.2 Å². The summed E-state index contributed by atoms with van der Waals surface area (Å²) >= 11 is 12.6. The number of carbonyl (C=O) groups excluding carboxylic acids is 3. The number of hydrogen-bond donors (Lipinski definition) is 1. The average molecular weight is 359 g/mol. The van der Waals surface area contributed by atoms with E-state index in [0.29, 0.717) is 15.6 Å². The van der Waals surface area contributed by atoms with Crippen LogP contribution >= 0.6 is 35.0 Å². The minimum absolute atomic E-state index is 0.277. The van der Waals surface area contributed by atoms with Crippen molar-refractivity contribution < 1.29 is 14.4 Å². The maximum atomic E-state index is 12.1. The second-order valence-corrected chi connectivity index (χ2v) is 6.57. The third-order valence-corrected chi connectivity index (χ3v) is 4.54. The molecule has 2 rings (SSSR count). The number of thioether (sulfide) groups is 1. The number of imide groups is 1. The van der Waals surface area contributed by atoms with Crippen LogP contribution in [0.1, 0.15) is 13.8 Å². The van der Waals surface area contributed by atoms with Gasteiger partial charge in [0.25, 0.3) is 11.1 Å². The number of anilines is 1. The predicted octanol–water partition coefficient (Wildman–Crippen LogP) is 3.92. The molecule has 0 unspecified atom stereocenters. The zero-order chi connectivity index (χ0) is 16.4. The molecule has 0 radical (unpaired) electrons. The standard InChI is InChI=1S/C14H12Cl2N2O3S/c1-7(2)12-13(20)18(14(21)22-12)6-11(19)17-10-4-3-8(15)5-9(10)16/h3-5H,6H2,1-2H3,(H,17,19). The van der Waals surface area contributed by atoms with Crippen LogP contribution in [-0.4, -0.2) is 28.5 Å². The number of hydrogen-bond acceptors (Lipinski definition) is 4. The van der Waals surface area contributed by atoms with Gasteiger partial charge in [0.1, 0.15) is 6.54 Å². The van der Waals surface area contributed by atoms with Gasteiger partial charge < -0.3 is 5.32 Å². The minimum Gasteiger partial charge on any atom is -0.323 e. The van der Waals surface area contributed by atoms with Gasteiger partial charge in [-0.1, -0.05) is 28.8 Å². The zero-order valence-electron chi connectivity index (χ0n) is 11.8. The van der Waals surface area contributed by atoms with Crippen molar-refractivity contribution in [1.29, 1.82) is 0 Å². The third kappa shape index (κ3) is 3.63. The smallest absolute Gasteiger partial charge is 0.294 e. The van der Waals surface area contributed by atoms with Gasteiger partial charge >= 0.3 is 0 Å². The molecule has 22 heavy (non-hydrogen) atoms. The Morgan fingerprint density at radius 2 is 1.95 bits per heavy atom. The van der Waals surface area contributed by atoms with Gasteiger partial charge in [-0.05, 0) is 43.8 Å². The molecule has 1 heterocycles. The van der Waals surface area contributed by atoms with Crippen molar-refractivity contribution >= 4 is 57.7 Å². The van der Waals surface area contributed by atoms with Crippen molar-refractivity contribution in [2.45, 2.75) is 13.8 Å². The highest BCUT2D eigenvalue weighted by atomic mass is 35.5. The molecular formula is C14H12Cl2N2O3S. The van der Waals surface area contributed by atoms with Crippen LogP contribution in [-0.2, 0) is 9.59 Å². The van der Waals surface area contributed by atoms with Gasteiger partial charge in [0, 0.05) is 5.02 Å². The van der Waals surface area contributed by atoms with Crippen LogP contribution in [0.25, 0.3) is 0 Å². The lowest BCUT2D eigenvalue weighted by Gasteiger charge is -2.13. The first-order chi connectivity index (χ1) is 10.3. The Kier molecular flexibility index (Phi) is 5.16. The molecule has 1 aromatic carbocycles. The van der Waals surface area contributed by atoms with Crippen molar-refractivity contribution in [3.8, 4) is 0 Å². The summed E-state index contributed by atoms with van der Waals surface area (Å²) in [4.78, 5) is 37.1. The van der Waals surface area contributed by atoms with E-state index in [1.165, 1.54) is 6.07 Å². The van der Waals surface area contributed by atoms with Gasteiger partial charge in [-0.15, -0.1) is 0 Å². The molecule has 116 valence electrons. The molecule has 1 fully saturated rings. The fourth-order valence-corrected chi connectivity index (χ4v) is 3.06. The Morgan fingerprint density at radius 1 is 1.27 bits per heavy atom. The summed E-state index contributed by atoms with van der Waals surface area (Å²) in [6.07, 6.45) is 0. The number of amides is 3. The molecular weight excluding hydrogens is 347 g/mol. The van der Waals surface area contributed by atoms with E-state index in [1.54, 1.807) is 26.0 Å². The van der Waals surface area contributed by atoms with Crippen LogP contribution in [0.5, 0.6) is 0 Å². The number of halogens is 2.